The fourth-order valence-corrected chi connectivity index (χ4v) is 5.84. The van der Waals surface area contributed by atoms with Crippen LogP contribution in [0, 0.1) is 5.41 Å². The molecule has 8 nitrogen and oxygen atoms in total. The molecule has 2 saturated heterocycles. The van der Waals surface area contributed by atoms with E-state index in [1.54, 1.807) is 12.4 Å². The molecular formula is C25H25Cl2N7O. The van der Waals surface area contributed by atoms with Gasteiger partial charge in [-0.3, -0.25) is 10.1 Å². The highest BCUT2D eigenvalue weighted by atomic mass is 35.5. The summed E-state index contributed by atoms with van der Waals surface area (Å²) in [5.41, 5.74) is 3.62. The van der Waals surface area contributed by atoms with Crippen LogP contribution >= 0.6 is 23.2 Å². The van der Waals surface area contributed by atoms with Gasteiger partial charge in [0.1, 0.15) is 17.5 Å². The minimum Gasteiger partial charge on any atom is -0.486 e. The van der Waals surface area contributed by atoms with E-state index in [2.05, 4.69) is 35.4 Å². The third-order valence-corrected chi connectivity index (χ3v) is 7.55. The Kier molecular flexibility index (Phi) is 5.75. The molecule has 35 heavy (non-hydrogen) atoms. The first-order valence-corrected chi connectivity index (χ1v) is 12.5. The van der Waals surface area contributed by atoms with Crippen LogP contribution in [0.3, 0.4) is 0 Å². The van der Waals surface area contributed by atoms with E-state index in [1.165, 1.54) is 12.8 Å². The van der Waals surface area contributed by atoms with Gasteiger partial charge in [0.25, 0.3) is 0 Å². The van der Waals surface area contributed by atoms with Crippen molar-refractivity contribution in [3.05, 3.63) is 58.6 Å². The van der Waals surface area contributed by atoms with Crippen molar-refractivity contribution < 1.29 is 4.74 Å². The smallest absolute Gasteiger partial charge is 0.225 e. The zero-order valence-corrected chi connectivity index (χ0v) is 20.8. The number of piperidine rings is 1. The van der Waals surface area contributed by atoms with E-state index >= 15 is 0 Å². The van der Waals surface area contributed by atoms with Crippen molar-refractivity contribution in [2.24, 2.45) is 5.41 Å². The van der Waals surface area contributed by atoms with Crippen molar-refractivity contribution >= 4 is 40.1 Å². The number of halogens is 2. The minimum absolute atomic E-state index is 0.354. The summed E-state index contributed by atoms with van der Waals surface area (Å²) in [6, 6.07) is 5.79. The summed E-state index contributed by atoms with van der Waals surface area (Å²) in [4.78, 5) is 15.6. The van der Waals surface area contributed by atoms with Gasteiger partial charge in [-0.25, -0.2) is 9.97 Å². The summed E-state index contributed by atoms with van der Waals surface area (Å²) in [5, 5.41) is 13.0. The number of nitrogens with zero attached hydrogens (tertiary/aromatic N) is 5. The Morgan fingerprint density at radius 1 is 1.09 bits per heavy atom. The van der Waals surface area contributed by atoms with E-state index in [-0.39, 0.29) is 6.10 Å². The van der Waals surface area contributed by atoms with Crippen LogP contribution in [0.2, 0.25) is 10.0 Å². The molecule has 2 fully saturated rings. The molecule has 2 N–H and O–H groups in total. The van der Waals surface area contributed by atoms with Crippen LogP contribution in [0.15, 0.2) is 43.0 Å². The molecule has 0 radical (unpaired) electrons. The Morgan fingerprint density at radius 3 is 2.57 bits per heavy atom. The van der Waals surface area contributed by atoms with Crippen LogP contribution in [-0.2, 0) is 0 Å². The fourth-order valence-electron chi connectivity index (χ4n) is 5.17. The molecule has 180 valence electrons. The standard InChI is InChI=1S/C25H25Cl2N7O/c1-15(22-19(26)10-29-11-20(22)27)35-17-3-4-21-18(7-17)23(33-32-21)16-8-30-24(31-9-16)34-13-25(14-34)5-2-6-28-12-25/h3-4,7-11,15,28H,2,5-6,12-14H2,1H3,(H,32,33)/t15-/m1/s1. The number of ether oxygens (including phenoxy) is 1. The third-order valence-electron chi connectivity index (χ3n) is 6.95. The zero-order valence-electron chi connectivity index (χ0n) is 19.3. The maximum atomic E-state index is 6.30. The van der Waals surface area contributed by atoms with Gasteiger partial charge in [-0.05, 0) is 44.5 Å². The molecule has 4 aromatic rings. The second kappa shape index (κ2) is 8.93. The lowest BCUT2D eigenvalue weighted by Gasteiger charge is -2.52. The number of rotatable bonds is 5. The summed E-state index contributed by atoms with van der Waals surface area (Å²) in [7, 11) is 0. The van der Waals surface area contributed by atoms with Crippen LogP contribution in [-0.4, -0.2) is 51.3 Å². The third kappa shape index (κ3) is 4.20. The molecule has 0 saturated carbocycles. The summed E-state index contributed by atoms with van der Waals surface area (Å²) < 4.78 is 6.18. The van der Waals surface area contributed by atoms with Gasteiger partial charge >= 0.3 is 0 Å². The Morgan fingerprint density at radius 2 is 1.86 bits per heavy atom. The lowest BCUT2D eigenvalue weighted by atomic mass is 9.74. The van der Waals surface area contributed by atoms with Crippen LogP contribution in [0.5, 0.6) is 5.75 Å². The lowest BCUT2D eigenvalue weighted by Crippen LogP contribution is -2.62. The molecule has 10 heteroatoms. The van der Waals surface area contributed by atoms with Crippen LogP contribution in [0.1, 0.15) is 31.4 Å². The summed E-state index contributed by atoms with van der Waals surface area (Å²) in [6.07, 6.45) is 8.98. The SMILES string of the molecule is C[C@@H](Oc1ccc2[nH]nc(-c3cnc(N4CC5(CCCNC5)C4)nc3)c2c1)c1c(Cl)cncc1Cl. The van der Waals surface area contributed by atoms with Gasteiger partial charge in [-0.1, -0.05) is 23.2 Å². The van der Waals surface area contributed by atoms with Gasteiger partial charge < -0.3 is 15.0 Å². The number of aromatic nitrogens is 5. The van der Waals surface area contributed by atoms with E-state index in [0.717, 1.165) is 54.3 Å². The first-order chi connectivity index (χ1) is 17.0. The largest absolute Gasteiger partial charge is 0.486 e. The van der Waals surface area contributed by atoms with Crippen molar-refractivity contribution in [2.75, 3.05) is 31.1 Å². The molecule has 1 aromatic carbocycles. The van der Waals surface area contributed by atoms with Gasteiger partial charge in [0, 0.05) is 66.3 Å². The average Bonchev–Trinajstić information content (AvgIpc) is 3.26. The number of fused-ring (bicyclic) bond motifs is 1. The van der Waals surface area contributed by atoms with Crippen molar-refractivity contribution in [1.82, 2.24) is 30.5 Å². The van der Waals surface area contributed by atoms with Crippen LogP contribution in [0.25, 0.3) is 22.2 Å². The van der Waals surface area contributed by atoms with Crippen molar-refractivity contribution in [3.8, 4) is 17.0 Å². The first-order valence-electron chi connectivity index (χ1n) is 11.7. The molecule has 5 heterocycles. The number of hydrogen-bond acceptors (Lipinski definition) is 7. The number of anilines is 1. The topological polar surface area (TPSA) is 91.8 Å². The molecule has 6 rings (SSSR count). The zero-order chi connectivity index (χ0) is 24.0. The lowest BCUT2D eigenvalue weighted by molar-refractivity contribution is 0.155. The molecule has 0 bridgehead atoms. The number of hydrogen-bond donors (Lipinski definition) is 2. The van der Waals surface area contributed by atoms with Crippen LogP contribution < -0.4 is 15.0 Å². The maximum Gasteiger partial charge on any atom is 0.225 e. The number of nitrogens with one attached hydrogen (secondary N) is 2. The molecular weight excluding hydrogens is 485 g/mol. The number of benzene rings is 1. The average molecular weight is 510 g/mol. The van der Waals surface area contributed by atoms with E-state index in [0.29, 0.717) is 26.8 Å². The molecule has 2 aliphatic rings. The van der Waals surface area contributed by atoms with Crippen molar-refractivity contribution in [1.29, 1.82) is 0 Å². The molecule has 0 amide bonds. The van der Waals surface area contributed by atoms with Gasteiger partial charge in [-0.2, -0.15) is 5.10 Å². The Hall–Kier alpha value is -2.94. The predicted molar refractivity (Wildman–Crippen MR) is 137 cm³/mol. The summed E-state index contributed by atoms with van der Waals surface area (Å²) in [6.45, 7) is 6.14. The summed E-state index contributed by atoms with van der Waals surface area (Å²) >= 11 is 12.6. The number of aromatic amines is 1. The maximum absolute atomic E-state index is 6.30. The minimum atomic E-state index is -0.354. The molecule has 0 unspecified atom stereocenters. The Labute approximate surface area is 213 Å². The highest BCUT2D eigenvalue weighted by molar-refractivity contribution is 6.35. The van der Waals surface area contributed by atoms with Gasteiger partial charge in [0.15, 0.2) is 0 Å². The monoisotopic (exact) mass is 509 g/mol. The van der Waals surface area contributed by atoms with Crippen molar-refractivity contribution in [3.63, 3.8) is 0 Å². The van der Waals surface area contributed by atoms with E-state index < -0.39 is 0 Å². The molecule has 3 aromatic heterocycles. The number of H-pyrrole nitrogens is 1. The van der Waals surface area contributed by atoms with Gasteiger partial charge in [-0.15, -0.1) is 0 Å². The van der Waals surface area contributed by atoms with Gasteiger partial charge in [0.2, 0.25) is 5.95 Å². The Bertz CT molecular complexity index is 1340. The Balaban J connectivity index is 1.21. The fraction of sp³-hybridized carbons (Fsp3) is 0.360. The van der Waals surface area contributed by atoms with E-state index in [1.807, 2.05) is 37.5 Å². The quantitative estimate of drug-likeness (QED) is 0.388. The highest BCUT2D eigenvalue weighted by Crippen LogP contribution is 2.39. The predicted octanol–water partition coefficient (Wildman–Crippen LogP) is 5.05. The molecule has 1 spiro atoms. The summed E-state index contributed by atoms with van der Waals surface area (Å²) in [5.74, 6) is 1.45. The highest BCUT2D eigenvalue weighted by Gasteiger charge is 2.44. The molecule has 0 aliphatic carbocycles. The first kappa shape index (κ1) is 22.5. The van der Waals surface area contributed by atoms with Crippen molar-refractivity contribution in [2.45, 2.75) is 25.9 Å². The molecule has 2 aliphatic heterocycles. The van der Waals surface area contributed by atoms with E-state index in [9.17, 15) is 0 Å². The normalized spacial score (nSPS) is 18.0. The number of pyridine rings is 1. The van der Waals surface area contributed by atoms with Gasteiger partial charge in [0.05, 0.1) is 15.6 Å². The van der Waals surface area contributed by atoms with Crippen LogP contribution in [0.4, 0.5) is 5.95 Å². The van der Waals surface area contributed by atoms with E-state index in [4.69, 9.17) is 27.9 Å². The molecule has 1 atom stereocenters. The second-order valence-corrected chi connectivity index (χ2v) is 10.3. The second-order valence-electron chi connectivity index (χ2n) is 9.46.